The molecule has 2 atom stereocenters. The molecule has 0 radical (unpaired) electrons. The number of nitrogens with one attached hydrogen (secondary N) is 2. The molecule has 5 rings (SSSR count). The third-order valence-corrected chi connectivity index (χ3v) is 7.20. The standard InChI is InChI=1S/C30H31N3O5/c34-28(35)16-27(29(36)31-21-14-15-33(18-21)17-20-8-2-1-3-9-20)32-30(37)38-19-26-24-12-6-4-10-22(24)23-11-5-7-13-25(23)26/h1-13,21,26-27H,14-19H2,(H,31,36)(H,32,37)(H,34,35). The van der Waals surface area contributed by atoms with Crippen molar-refractivity contribution in [3.63, 3.8) is 0 Å². The van der Waals surface area contributed by atoms with Crippen LogP contribution < -0.4 is 10.6 Å². The van der Waals surface area contributed by atoms with Crippen LogP contribution in [0.25, 0.3) is 11.1 Å². The molecular weight excluding hydrogens is 482 g/mol. The number of carbonyl (C=O) groups excluding carboxylic acids is 2. The lowest BCUT2D eigenvalue weighted by atomic mass is 9.98. The van der Waals surface area contributed by atoms with E-state index in [4.69, 9.17) is 4.74 Å². The third-order valence-electron chi connectivity index (χ3n) is 7.20. The van der Waals surface area contributed by atoms with Gasteiger partial charge in [-0.15, -0.1) is 0 Å². The maximum atomic E-state index is 13.0. The number of nitrogens with zero attached hydrogens (tertiary/aromatic N) is 1. The van der Waals surface area contributed by atoms with Crippen molar-refractivity contribution in [1.82, 2.24) is 15.5 Å². The molecule has 3 aromatic carbocycles. The molecule has 2 aliphatic rings. The largest absolute Gasteiger partial charge is 0.481 e. The maximum absolute atomic E-state index is 13.0. The van der Waals surface area contributed by atoms with Crippen LogP contribution in [0.15, 0.2) is 78.9 Å². The van der Waals surface area contributed by atoms with Gasteiger partial charge in [0.2, 0.25) is 5.91 Å². The number of alkyl carbamates (subject to hydrolysis) is 1. The zero-order chi connectivity index (χ0) is 26.5. The van der Waals surface area contributed by atoms with Gasteiger partial charge >= 0.3 is 12.1 Å². The lowest BCUT2D eigenvalue weighted by molar-refractivity contribution is -0.140. The Morgan fingerprint density at radius 2 is 1.55 bits per heavy atom. The van der Waals surface area contributed by atoms with Crippen molar-refractivity contribution in [2.45, 2.75) is 37.4 Å². The van der Waals surface area contributed by atoms with E-state index >= 15 is 0 Å². The van der Waals surface area contributed by atoms with Crippen LogP contribution in [-0.2, 0) is 20.9 Å². The van der Waals surface area contributed by atoms with E-state index in [1.165, 1.54) is 5.56 Å². The molecule has 1 aliphatic carbocycles. The molecule has 8 nitrogen and oxygen atoms in total. The van der Waals surface area contributed by atoms with E-state index in [-0.39, 0.29) is 18.6 Å². The summed E-state index contributed by atoms with van der Waals surface area (Å²) >= 11 is 0. The first-order valence-electron chi connectivity index (χ1n) is 12.9. The lowest BCUT2D eigenvalue weighted by Crippen LogP contribution is -2.51. The van der Waals surface area contributed by atoms with Gasteiger partial charge in [-0.1, -0.05) is 78.9 Å². The van der Waals surface area contributed by atoms with Gasteiger partial charge in [-0.3, -0.25) is 14.5 Å². The van der Waals surface area contributed by atoms with Gasteiger partial charge in [-0.05, 0) is 34.2 Å². The summed E-state index contributed by atoms with van der Waals surface area (Å²) in [6, 6.07) is 24.7. The van der Waals surface area contributed by atoms with E-state index in [1.807, 2.05) is 66.7 Å². The predicted octanol–water partition coefficient (Wildman–Crippen LogP) is 3.76. The summed E-state index contributed by atoms with van der Waals surface area (Å²) in [5.41, 5.74) is 5.56. The molecule has 2 amide bonds. The first kappa shape index (κ1) is 25.5. The molecule has 8 heteroatoms. The van der Waals surface area contributed by atoms with E-state index in [9.17, 15) is 19.5 Å². The number of hydrogen-bond donors (Lipinski definition) is 3. The second-order valence-corrected chi connectivity index (χ2v) is 9.84. The Bertz CT molecular complexity index is 1270. The molecule has 3 aromatic rings. The Kier molecular flexibility index (Phi) is 7.70. The topological polar surface area (TPSA) is 108 Å². The number of amides is 2. The number of carboxylic acid groups (broad SMARTS) is 1. The zero-order valence-electron chi connectivity index (χ0n) is 21.0. The van der Waals surface area contributed by atoms with Gasteiger partial charge in [-0.25, -0.2) is 4.79 Å². The SMILES string of the molecule is O=C(O)CC(NC(=O)OCC1c2ccccc2-c2ccccc21)C(=O)NC1CCN(Cc2ccccc2)C1. The number of aliphatic carboxylic acids is 1. The molecule has 0 aromatic heterocycles. The lowest BCUT2D eigenvalue weighted by Gasteiger charge is -2.21. The normalized spacial score (nSPS) is 17.3. The van der Waals surface area contributed by atoms with Crippen LogP contribution in [0.5, 0.6) is 0 Å². The van der Waals surface area contributed by atoms with Crippen LogP contribution in [0.3, 0.4) is 0 Å². The fourth-order valence-corrected chi connectivity index (χ4v) is 5.40. The van der Waals surface area contributed by atoms with E-state index < -0.39 is 30.4 Å². The molecule has 1 aliphatic heterocycles. The van der Waals surface area contributed by atoms with Gasteiger partial charge in [0.25, 0.3) is 0 Å². The first-order valence-corrected chi connectivity index (χ1v) is 12.9. The van der Waals surface area contributed by atoms with Crippen LogP contribution in [0.4, 0.5) is 4.79 Å². The van der Waals surface area contributed by atoms with Crippen LogP contribution in [0.1, 0.15) is 35.4 Å². The highest BCUT2D eigenvalue weighted by Gasteiger charge is 2.32. The van der Waals surface area contributed by atoms with Gasteiger partial charge < -0.3 is 20.5 Å². The summed E-state index contributed by atoms with van der Waals surface area (Å²) in [7, 11) is 0. The number of likely N-dealkylation sites (tertiary alicyclic amines) is 1. The third kappa shape index (κ3) is 5.86. The number of rotatable bonds is 9. The maximum Gasteiger partial charge on any atom is 0.407 e. The van der Waals surface area contributed by atoms with E-state index in [0.29, 0.717) is 6.54 Å². The summed E-state index contributed by atoms with van der Waals surface area (Å²) < 4.78 is 5.52. The number of benzene rings is 3. The second-order valence-electron chi connectivity index (χ2n) is 9.84. The van der Waals surface area contributed by atoms with Gasteiger partial charge in [0.05, 0.1) is 6.42 Å². The van der Waals surface area contributed by atoms with Gasteiger partial charge in [-0.2, -0.15) is 0 Å². The van der Waals surface area contributed by atoms with Crippen molar-refractivity contribution in [1.29, 1.82) is 0 Å². The van der Waals surface area contributed by atoms with Gasteiger partial charge in [0.1, 0.15) is 12.6 Å². The molecule has 1 heterocycles. The van der Waals surface area contributed by atoms with Crippen molar-refractivity contribution >= 4 is 18.0 Å². The Labute approximate surface area is 221 Å². The molecule has 3 N–H and O–H groups in total. The van der Waals surface area contributed by atoms with Crippen LogP contribution in [-0.4, -0.2) is 59.8 Å². The van der Waals surface area contributed by atoms with Crippen LogP contribution >= 0.6 is 0 Å². The predicted molar refractivity (Wildman–Crippen MR) is 143 cm³/mol. The van der Waals surface area contributed by atoms with Crippen molar-refractivity contribution in [2.75, 3.05) is 19.7 Å². The van der Waals surface area contributed by atoms with E-state index in [2.05, 4.69) is 27.7 Å². The minimum Gasteiger partial charge on any atom is -0.481 e. The molecule has 1 saturated heterocycles. The van der Waals surface area contributed by atoms with Gasteiger partial charge in [0.15, 0.2) is 0 Å². The average Bonchev–Trinajstić information content (AvgIpc) is 3.49. The Morgan fingerprint density at radius 1 is 0.921 bits per heavy atom. The molecule has 196 valence electrons. The van der Waals surface area contributed by atoms with Crippen molar-refractivity contribution in [2.24, 2.45) is 0 Å². The summed E-state index contributed by atoms with van der Waals surface area (Å²) in [5.74, 6) is -1.83. The quantitative estimate of drug-likeness (QED) is 0.402. The van der Waals surface area contributed by atoms with Crippen LogP contribution in [0, 0.1) is 0 Å². The summed E-state index contributed by atoms with van der Waals surface area (Å²) in [6.45, 7) is 2.34. The fraction of sp³-hybridized carbons (Fsp3) is 0.300. The first-order chi connectivity index (χ1) is 18.5. The Hall–Kier alpha value is -4.17. The molecule has 0 saturated carbocycles. The molecule has 0 spiro atoms. The summed E-state index contributed by atoms with van der Waals surface area (Å²) in [5, 5.41) is 14.7. The molecule has 1 fully saturated rings. The Balaban J connectivity index is 1.16. The zero-order valence-corrected chi connectivity index (χ0v) is 21.0. The highest BCUT2D eigenvalue weighted by atomic mass is 16.5. The molecule has 0 bridgehead atoms. The number of hydrogen-bond acceptors (Lipinski definition) is 5. The monoisotopic (exact) mass is 513 g/mol. The second kappa shape index (κ2) is 11.5. The number of carboxylic acids is 1. The van der Waals surface area contributed by atoms with Gasteiger partial charge in [0, 0.05) is 31.6 Å². The van der Waals surface area contributed by atoms with Crippen molar-refractivity contribution < 1.29 is 24.2 Å². The van der Waals surface area contributed by atoms with E-state index in [1.54, 1.807) is 0 Å². The van der Waals surface area contributed by atoms with E-state index in [0.717, 1.165) is 41.8 Å². The minimum absolute atomic E-state index is 0.0817. The fourth-order valence-electron chi connectivity index (χ4n) is 5.40. The highest BCUT2D eigenvalue weighted by molar-refractivity contribution is 5.89. The summed E-state index contributed by atoms with van der Waals surface area (Å²) in [4.78, 5) is 39.3. The minimum atomic E-state index is -1.23. The summed E-state index contributed by atoms with van der Waals surface area (Å²) in [6.07, 6.45) is -0.592. The van der Waals surface area contributed by atoms with Crippen molar-refractivity contribution in [3.8, 4) is 11.1 Å². The number of carbonyl (C=O) groups is 3. The molecule has 38 heavy (non-hydrogen) atoms. The average molecular weight is 514 g/mol. The molecule has 2 unspecified atom stereocenters. The molecular formula is C30H31N3O5. The number of fused-ring (bicyclic) bond motifs is 3. The smallest absolute Gasteiger partial charge is 0.407 e. The van der Waals surface area contributed by atoms with Crippen molar-refractivity contribution in [3.05, 3.63) is 95.6 Å². The Morgan fingerprint density at radius 3 is 2.21 bits per heavy atom. The number of ether oxygens (including phenoxy) is 1. The highest BCUT2D eigenvalue weighted by Crippen LogP contribution is 2.44. The van der Waals surface area contributed by atoms with Crippen LogP contribution in [0.2, 0.25) is 0 Å².